The lowest BCUT2D eigenvalue weighted by Gasteiger charge is -2.17. The largest absolute Gasteiger partial charge is 0.507 e. The van der Waals surface area contributed by atoms with Gasteiger partial charge in [0.15, 0.2) is 0 Å². The molecule has 0 amide bonds. The van der Waals surface area contributed by atoms with Crippen LogP contribution in [0.15, 0.2) is 66.7 Å². The first-order valence-electron chi connectivity index (χ1n) is 6.63. The van der Waals surface area contributed by atoms with E-state index in [1.807, 2.05) is 66.7 Å². The Hall–Kier alpha value is -1.99. The monoisotopic (exact) mass is 282 g/mol. The van der Waals surface area contributed by atoms with E-state index in [1.54, 1.807) is 0 Å². The third-order valence-corrected chi connectivity index (χ3v) is 3.97. The van der Waals surface area contributed by atoms with Crippen LogP contribution in [0.3, 0.4) is 0 Å². The zero-order chi connectivity index (χ0) is 13.9. The molecule has 3 rings (SSSR count). The molecule has 0 fully saturated rings. The summed E-state index contributed by atoms with van der Waals surface area (Å²) in [5, 5.41) is 12.5. The number of alkyl halides is 1. The Morgan fingerprint density at radius 2 is 1.55 bits per heavy atom. The van der Waals surface area contributed by atoms with Gasteiger partial charge in [-0.25, -0.2) is 0 Å². The summed E-state index contributed by atoms with van der Waals surface area (Å²) in [6, 6.07) is 21.9. The summed E-state index contributed by atoms with van der Waals surface area (Å²) in [5.41, 5.74) is 2.00. The molecular weight excluding hydrogens is 268 g/mol. The molecular formula is C18H15ClO. The number of hydrogen-bond acceptors (Lipinski definition) is 1. The highest BCUT2D eigenvalue weighted by Gasteiger charge is 2.17. The van der Waals surface area contributed by atoms with Crippen molar-refractivity contribution in [3.8, 4) is 5.75 Å². The molecule has 0 aliphatic rings. The minimum absolute atomic E-state index is 0.00229. The normalized spacial score (nSPS) is 12.4. The number of halogens is 1. The number of phenols is 1. The average Bonchev–Trinajstić information content (AvgIpc) is 2.51. The smallest absolute Gasteiger partial charge is 0.127 e. The fraction of sp³-hybridized carbons (Fsp3) is 0.111. The minimum Gasteiger partial charge on any atom is -0.507 e. The Balaban J connectivity index is 2.15. The van der Waals surface area contributed by atoms with Crippen LogP contribution < -0.4 is 0 Å². The first-order valence-corrected chi connectivity index (χ1v) is 7.16. The van der Waals surface area contributed by atoms with E-state index in [1.165, 1.54) is 0 Å². The van der Waals surface area contributed by atoms with Gasteiger partial charge in [0.1, 0.15) is 5.75 Å². The highest BCUT2D eigenvalue weighted by molar-refractivity contribution is 6.18. The fourth-order valence-electron chi connectivity index (χ4n) is 2.59. The van der Waals surface area contributed by atoms with Gasteiger partial charge in [-0.1, -0.05) is 66.7 Å². The summed E-state index contributed by atoms with van der Waals surface area (Å²) in [5.74, 6) is 0.774. The molecule has 0 spiro atoms. The van der Waals surface area contributed by atoms with E-state index in [0.717, 1.165) is 21.9 Å². The molecule has 0 heterocycles. The number of rotatable bonds is 3. The summed E-state index contributed by atoms with van der Waals surface area (Å²) in [6.45, 7) is 0. The van der Waals surface area contributed by atoms with E-state index in [2.05, 4.69) is 0 Å². The van der Waals surface area contributed by atoms with Gasteiger partial charge in [-0.05, 0) is 10.9 Å². The van der Waals surface area contributed by atoms with Crippen molar-refractivity contribution in [2.75, 3.05) is 5.88 Å². The summed E-state index contributed by atoms with van der Waals surface area (Å²) < 4.78 is 0. The highest BCUT2D eigenvalue weighted by atomic mass is 35.5. The molecule has 0 saturated carbocycles. The Kier molecular flexibility index (Phi) is 3.62. The number of hydrogen-bond donors (Lipinski definition) is 1. The number of phenolic OH excluding ortho intramolecular Hbond substituents is 1. The standard InChI is InChI=1S/C18H15ClO/c19-12-17(13-6-2-1-3-7-13)16-11-10-14-8-4-5-9-15(14)18(16)20/h1-11,17,20H,12H2. The predicted molar refractivity (Wildman–Crippen MR) is 84.6 cm³/mol. The van der Waals surface area contributed by atoms with E-state index in [9.17, 15) is 5.11 Å². The average molecular weight is 283 g/mol. The van der Waals surface area contributed by atoms with Gasteiger partial charge < -0.3 is 5.11 Å². The van der Waals surface area contributed by atoms with Crippen LogP contribution in [-0.4, -0.2) is 11.0 Å². The van der Waals surface area contributed by atoms with Crippen LogP contribution in [0.4, 0.5) is 0 Å². The summed E-state index contributed by atoms with van der Waals surface area (Å²) in [6.07, 6.45) is 0. The van der Waals surface area contributed by atoms with Crippen LogP contribution in [0.2, 0.25) is 0 Å². The van der Waals surface area contributed by atoms with Crippen LogP contribution in [0.5, 0.6) is 5.75 Å². The van der Waals surface area contributed by atoms with Crippen molar-refractivity contribution in [1.29, 1.82) is 0 Å². The molecule has 1 unspecified atom stereocenters. The molecule has 0 radical (unpaired) electrons. The van der Waals surface area contributed by atoms with Crippen LogP contribution in [0, 0.1) is 0 Å². The van der Waals surface area contributed by atoms with Gasteiger partial charge in [0.25, 0.3) is 0 Å². The Bertz CT molecular complexity index is 722. The van der Waals surface area contributed by atoms with Gasteiger partial charge in [0, 0.05) is 22.7 Å². The number of fused-ring (bicyclic) bond motifs is 1. The molecule has 0 bridgehead atoms. The van der Waals surface area contributed by atoms with Crippen molar-refractivity contribution < 1.29 is 5.11 Å². The van der Waals surface area contributed by atoms with Gasteiger partial charge >= 0.3 is 0 Å². The van der Waals surface area contributed by atoms with Crippen LogP contribution in [-0.2, 0) is 0 Å². The Labute approximate surface area is 123 Å². The molecule has 2 heteroatoms. The SMILES string of the molecule is Oc1c(C(CCl)c2ccccc2)ccc2ccccc12. The van der Waals surface area contributed by atoms with Crippen molar-refractivity contribution in [1.82, 2.24) is 0 Å². The molecule has 1 atom stereocenters. The maximum Gasteiger partial charge on any atom is 0.127 e. The molecule has 0 saturated heterocycles. The zero-order valence-corrected chi connectivity index (χ0v) is 11.7. The minimum atomic E-state index is 0.00229. The van der Waals surface area contributed by atoms with E-state index in [4.69, 9.17) is 11.6 Å². The van der Waals surface area contributed by atoms with E-state index in [-0.39, 0.29) is 5.92 Å². The second kappa shape index (κ2) is 5.56. The lowest BCUT2D eigenvalue weighted by atomic mass is 9.90. The first kappa shape index (κ1) is 13.0. The van der Waals surface area contributed by atoms with Crippen molar-refractivity contribution in [2.24, 2.45) is 0 Å². The van der Waals surface area contributed by atoms with Crippen LogP contribution in [0.1, 0.15) is 17.0 Å². The second-order valence-electron chi connectivity index (χ2n) is 4.84. The molecule has 3 aromatic rings. The maximum absolute atomic E-state index is 10.6. The van der Waals surface area contributed by atoms with Crippen LogP contribution >= 0.6 is 11.6 Å². The third kappa shape index (κ3) is 2.25. The molecule has 1 nitrogen and oxygen atoms in total. The molecule has 3 aromatic carbocycles. The van der Waals surface area contributed by atoms with E-state index >= 15 is 0 Å². The van der Waals surface area contributed by atoms with Crippen molar-refractivity contribution in [2.45, 2.75) is 5.92 Å². The van der Waals surface area contributed by atoms with Gasteiger partial charge in [0.2, 0.25) is 0 Å². The maximum atomic E-state index is 10.6. The molecule has 20 heavy (non-hydrogen) atoms. The van der Waals surface area contributed by atoms with Crippen molar-refractivity contribution in [3.05, 3.63) is 77.9 Å². The van der Waals surface area contributed by atoms with Gasteiger partial charge in [-0.3, -0.25) is 0 Å². The Morgan fingerprint density at radius 3 is 2.30 bits per heavy atom. The number of aromatic hydroxyl groups is 1. The molecule has 1 N–H and O–H groups in total. The second-order valence-corrected chi connectivity index (χ2v) is 5.15. The molecule has 0 aliphatic carbocycles. The molecule has 100 valence electrons. The summed E-state index contributed by atoms with van der Waals surface area (Å²) in [4.78, 5) is 0. The zero-order valence-electron chi connectivity index (χ0n) is 11.0. The number of benzene rings is 3. The van der Waals surface area contributed by atoms with Crippen LogP contribution in [0.25, 0.3) is 10.8 Å². The molecule has 0 aliphatic heterocycles. The van der Waals surface area contributed by atoms with Gasteiger partial charge in [-0.15, -0.1) is 11.6 Å². The first-order chi connectivity index (χ1) is 9.81. The fourth-order valence-corrected chi connectivity index (χ4v) is 2.93. The third-order valence-electron chi connectivity index (χ3n) is 3.66. The topological polar surface area (TPSA) is 20.2 Å². The lowest BCUT2D eigenvalue weighted by molar-refractivity contribution is 0.473. The van der Waals surface area contributed by atoms with E-state index in [0.29, 0.717) is 11.6 Å². The quantitative estimate of drug-likeness (QED) is 0.676. The summed E-state index contributed by atoms with van der Waals surface area (Å²) >= 11 is 6.15. The highest BCUT2D eigenvalue weighted by Crippen LogP contribution is 2.37. The lowest BCUT2D eigenvalue weighted by Crippen LogP contribution is -2.03. The molecule has 0 aromatic heterocycles. The predicted octanol–water partition coefficient (Wildman–Crippen LogP) is 4.92. The summed E-state index contributed by atoms with van der Waals surface area (Å²) in [7, 11) is 0. The Morgan fingerprint density at radius 1 is 0.850 bits per heavy atom. The van der Waals surface area contributed by atoms with E-state index < -0.39 is 0 Å². The van der Waals surface area contributed by atoms with Crippen molar-refractivity contribution in [3.63, 3.8) is 0 Å². The van der Waals surface area contributed by atoms with Crippen molar-refractivity contribution >= 4 is 22.4 Å². The van der Waals surface area contributed by atoms with Gasteiger partial charge in [0.05, 0.1) is 0 Å². The van der Waals surface area contributed by atoms with Gasteiger partial charge in [-0.2, -0.15) is 0 Å².